The maximum absolute atomic E-state index is 12.5. The number of aliphatic carboxylic acids is 1. The van der Waals surface area contributed by atoms with Gasteiger partial charge >= 0.3 is 5.97 Å². The Hall–Kier alpha value is -1.10. The summed E-state index contributed by atoms with van der Waals surface area (Å²) >= 11 is 0. The third-order valence-corrected chi connectivity index (χ3v) is 6.94. The molecule has 4 aliphatic carbocycles. The zero-order valence-electron chi connectivity index (χ0n) is 15.2. The van der Waals surface area contributed by atoms with Crippen LogP contribution in [0.2, 0.25) is 0 Å². The topological polar surface area (TPSA) is 69.6 Å². The van der Waals surface area contributed by atoms with E-state index in [1.165, 1.54) is 44.9 Å². The van der Waals surface area contributed by atoms with Crippen molar-refractivity contribution < 1.29 is 14.7 Å². The number of rotatable bonds is 8. The predicted octanol–water partition coefficient (Wildman–Crippen LogP) is 2.65. The minimum atomic E-state index is -0.735. The summed E-state index contributed by atoms with van der Waals surface area (Å²) < 4.78 is 0. The highest BCUT2D eigenvalue weighted by Crippen LogP contribution is 2.49. The molecule has 4 aliphatic rings. The Bertz CT molecular complexity index is 507. The molecule has 0 bridgehead atoms. The maximum Gasteiger partial charge on any atom is 0.317 e. The van der Waals surface area contributed by atoms with Crippen molar-refractivity contribution in [3.05, 3.63) is 0 Å². The highest BCUT2D eigenvalue weighted by atomic mass is 16.4. The maximum atomic E-state index is 12.5. The number of nitrogens with one attached hydrogen (secondary N) is 1. The van der Waals surface area contributed by atoms with Crippen molar-refractivity contribution >= 4 is 11.9 Å². The van der Waals surface area contributed by atoms with Gasteiger partial charge in [-0.1, -0.05) is 32.1 Å². The highest BCUT2D eigenvalue weighted by Gasteiger charge is 2.48. The summed E-state index contributed by atoms with van der Waals surface area (Å²) in [6.07, 6.45) is 12.1. The molecule has 0 heterocycles. The van der Waals surface area contributed by atoms with Crippen molar-refractivity contribution in [3.8, 4) is 0 Å². The Balaban J connectivity index is 1.18. The number of carboxylic acid groups (broad SMARTS) is 1. The summed E-state index contributed by atoms with van der Waals surface area (Å²) in [5.41, 5.74) is 0. The van der Waals surface area contributed by atoms with Gasteiger partial charge in [-0.05, 0) is 49.9 Å². The van der Waals surface area contributed by atoms with Crippen LogP contribution in [0.4, 0.5) is 0 Å². The van der Waals surface area contributed by atoms with Crippen LogP contribution in [0.1, 0.15) is 64.2 Å². The molecule has 0 aromatic carbocycles. The lowest BCUT2D eigenvalue weighted by atomic mass is 9.84. The van der Waals surface area contributed by atoms with Gasteiger partial charge in [0.2, 0.25) is 5.91 Å². The average Bonchev–Trinajstić information content (AvgIpc) is 3.43. The Morgan fingerprint density at radius 2 is 1.72 bits per heavy atom. The molecular weight excluding hydrogens is 316 g/mol. The number of carbonyl (C=O) groups excluding carboxylic acids is 1. The number of hydrogen-bond donors (Lipinski definition) is 2. The zero-order chi connectivity index (χ0) is 17.4. The molecule has 0 spiro atoms. The fraction of sp³-hybridized carbons (Fsp3) is 0.900. The number of nitrogens with zero attached hydrogens (tertiary/aromatic N) is 1. The smallest absolute Gasteiger partial charge is 0.317 e. The summed E-state index contributed by atoms with van der Waals surface area (Å²) in [6, 6.07) is 0.607. The van der Waals surface area contributed by atoms with E-state index in [1.807, 2.05) is 0 Å². The predicted molar refractivity (Wildman–Crippen MR) is 95.1 cm³/mol. The van der Waals surface area contributed by atoms with Crippen molar-refractivity contribution in [2.45, 2.75) is 76.3 Å². The van der Waals surface area contributed by atoms with Gasteiger partial charge in [-0.2, -0.15) is 0 Å². The molecule has 0 aromatic rings. The van der Waals surface area contributed by atoms with E-state index in [1.54, 1.807) is 0 Å². The largest absolute Gasteiger partial charge is 0.480 e. The molecule has 4 saturated carbocycles. The van der Waals surface area contributed by atoms with E-state index < -0.39 is 5.97 Å². The van der Waals surface area contributed by atoms with Crippen LogP contribution < -0.4 is 5.32 Å². The van der Waals surface area contributed by atoms with E-state index in [0.717, 1.165) is 31.7 Å². The first kappa shape index (κ1) is 17.3. The molecule has 25 heavy (non-hydrogen) atoms. The Labute approximate surface area is 150 Å². The minimum absolute atomic E-state index is 0.147. The molecule has 5 heteroatoms. The lowest BCUT2D eigenvalue weighted by molar-refractivity contribution is -0.140. The van der Waals surface area contributed by atoms with Crippen LogP contribution in [0.25, 0.3) is 0 Å². The summed E-state index contributed by atoms with van der Waals surface area (Å²) in [6.45, 7) is 1.07. The molecule has 0 unspecified atom stereocenters. The SMILES string of the molecule is O=C(O)CN(CC1CC1)C1CC(NC(=O)[C@@H]2C[C@@H]2C2CCCCC2)C1. The van der Waals surface area contributed by atoms with E-state index >= 15 is 0 Å². The number of hydrogen-bond acceptors (Lipinski definition) is 3. The second kappa shape index (κ2) is 7.26. The number of carboxylic acids is 1. The van der Waals surface area contributed by atoms with Crippen molar-refractivity contribution in [1.29, 1.82) is 0 Å². The molecule has 0 radical (unpaired) electrons. The van der Waals surface area contributed by atoms with Gasteiger partial charge in [-0.3, -0.25) is 14.5 Å². The standard InChI is InChI=1S/C20H32N2O3/c23-19(24)12-22(11-13-6-7-13)16-8-15(9-16)21-20(25)18-10-17(18)14-4-2-1-3-5-14/h13-18H,1-12H2,(H,21,25)(H,23,24)/t15?,16?,17-,18-/m1/s1. The summed E-state index contributed by atoms with van der Waals surface area (Å²) in [4.78, 5) is 25.7. The van der Waals surface area contributed by atoms with Crippen molar-refractivity contribution in [1.82, 2.24) is 10.2 Å². The molecule has 0 aliphatic heterocycles. The van der Waals surface area contributed by atoms with Crippen molar-refractivity contribution in [2.24, 2.45) is 23.7 Å². The van der Waals surface area contributed by atoms with Crippen LogP contribution >= 0.6 is 0 Å². The molecule has 1 amide bonds. The van der Waals surface area contributed by atoms with Gasteiger partial charge in [0.1, 0.15) is 0 Å². The normalized spacial score (nSPS) is 35.2. The summed E-state index contributed by atoms with van der Waals surface area (Å²) in [5, 5.41) is 12.4. The summed E-state index contributed by atoms with van der Waals surface area (Å²) in [5.74, 6) is 1.95. The van der Waals surface area contributed by atoms with Crippen LogP contribution in [0.5, 0.6) is 0 Å². The van der Waals surface area contributed by atoms with Gasteiger partial charge in [0.25, 0.3) is 0 Å². The Kier molecular flexibility index (Phi) is 5.03. The third-order valence-electron chi connectivity index (χ3n) is 6.94. The van der Waals surface area contributed by atoms with Gasteiger partial charge in [-0.15, -0.1) is 0 Å². The first-order valence-corrected chi connectivity index (χ1v) is 10.4. The molecule has 2 N–H and O–H groups in total. The molecule has 0 saturated heterocycles. The van der Waals surface area contributed by atoms with Crippen LogP contribution in [0.15, 0.2) is 0 Å². The first-order valence-electron chi connectivity index (χ1n) is 10.4. The van der Waals surface area contributed by atoms with E-state index in [4.69, 9.17) is 5.11 Å². The van der Waals surface area contributed by atoms with Gasteiger partial charge < -0.3 is 10.4 Å². The van der Waals surface area contributed by atoms with Crippen LogP contribution in [-0.2, 0) is 9.59 Å². The van der Waals surface area contributed by atoms with E-state index in [9.17, 15) is 9.59 Å². The molecule has 0 aromatic heterocycles. The molecule has 4 fully saturated rings. The molecule has 2 atom stereocenters. The molecule has 5 nitrogen and oxygen atoms in total. The van der Waals surface area contributed by atoms with E-state index in [0.29, 0.717) is 17.9 Å². The fourth-order valence-electron chi connectivity index (χ4n) is 5.06. The summed E-state index contributed by atoms with van der Waals surface area (Å²) in [7, 11) is 0. The monoisotopic (exact) mass is 348 g/mol. The molecular formula is C20H32N2O3. The van der Waals surface area contributed by atoms with Gasteiger partial charge in [0, 0.05) is 24.5 Å². The van der Waals surface area contributed by atoms with Crippen molar-refractivity contribution in [3.63, 3.8) is 0 Å². The number of carbonyl (C=O) groups is 2. The minimum Gasteiger partial charge on any atom is -0.480 e. The van der Waals surface area contributed by atoms with Crippen molar-refractivity contribution in [2.75, 3.05) is 13.1 Å². The second-order valence-corrected chi connectivity index (χ2v) is 9.00. The zero-order valence-corrected chi connectivity index (χ0v) is 15.2. The van der Waals surface area contributed by atoms with Crippen LogP contribution in [0, 0.1) is 23.7 Å². The molecule has 140 valence electrons. The Morgan fingerprint density at radius 3 is 2.36 bits per heavy atom. The number of amides is 1. The fourth-order valence-corrected chi connectivity index (χ4v) is 5.06. The van der Waals surface area contributed by atoms with Crippen LogP contribution in [-0.4, -0.2) is 47.1 Å². The third kappa shape index (κ3) is 4.36. The Morgan fingerprint density at radius 1 is 1.00 bits per heavy atom. The van der Waals surface area contributed by atoms with Gasteiger partial charge in [0.05, 0.1) is 6.54 Å². The van der Waals surface area contributed by atoms with Crippen LogP contribution in [0.3, 0.4) is 0 Å². The van der Waals surface area contributed by atoms with E-state index in [-0.39, 0.29) is 24.4 Å². The molecule has 4 rings (SSSR count). The van der Waals surface area contributed by atoms with E-state index in [2.05, 4.69) is 10.2 Å². The second-order valence-electron chi connectivity index (χ2n) is 9.00. The highest BCUT2D eigenvalue weighted by molar-refractivity contribution is 5.82. The first-order chi connectivity index (χ1) is 12.1. The van der Waals surface area contributed by atoms with Gasteiger partial charge in [0.15, 0.2) is 0 Å². The average molecular weight is 348 g/mol. The lowest BCUT2D eigenvalue weighted by Gasteiger charge is -2.42. The van der Waals surface area contributed by atoms with Gasteiger partial charge in [-0.25, -0.2) is 0 Å². The quantitative estimate of drug-likeness (QED) is 0.707. The lowest BCUT2D eigenvalue weighted by Crippen LogP contribution is -2.55.